The number of Topliss-reactive ketones (excluding diaryl/α,β-unsaturated/α-hetero) is 1. The van der Waals surface area contributed by atoms with Gasteiger partial charge in [0.2, 0.25) is 0 Å². The largest absolute Gasteiger partial charge is 0.468 e. The van der Waals surface area contributed by atoms with Crippen LogP contribution in [-0.2, 0) is 14.3 Å². The van der Waals surface area contributed by atoms with E-state index >= 15 is 0 Å². The fourth-order valence-corrected chi connectivity index (χ4v) is 3.54. The summed E-state index contributed by atoms with van der Waals surface area (Å²) >= 11 is 0. The lowest BCUT2D eigenvalue weighted by Gasteiger charge is -2.33. The van der Waals surface area contributed by atoms with Crippen molar-refractivity contribution in [3.05, 3.63) is 29.3 Å². The Morgan fingerprint density at radius 1 is 1.36 bits per heavy atom. The molecule has 2 atom stereocenters. The first-order valence-electron chi connectivity index (χ1n) is 9.44. The summed E-state index contributed by atoms with van der Waals surface area (Å²) in [6.07, 6.45) is 5.36. The second kappa shape index (κ2) is 9.02. The lowest BCUT2D eigenvalue weighted by Crippen LogP contribution is -2.45. The van der Waals surface area contributed by atoms with Crippen LogP contribution in [0.2, 0.25) is 0 Å². The molecule has 1 fully saturated rings. The van der Waals surface area contributed by atoms with Gasteiger partial charge in [0.1, 0.15) is 5.92 Å². The molecule has 0 bridgehead atoms. The molecular formula is C21H31NO3. The highest BCUT2D eigenvalue weighted by Gasteiger charge is 2.34. The molecule has 1 aliphatic rings. The van der Waals surface area contributed by atoms with Gasteiger partial charge in [0.25, 0.3) is 0 Å². The highest BCUT2D eigenvalue weighted by Crippen LogP contribution is 2.30. The monoisotopic (exact) mass is 345 g/mol. The number of esters is 1. The lowest BCUT2D eigenvalue weighted by atomic mass is 9.92. The zero-order chi connectivity index (χ0) is 18.4. The van der Waals surface area contributed by atoms with Crippen molar-refractivity contribution in [3.63, 3.8) is 0 Å². The zero-order valence-corrected chi connectivity index (χ0v) is 16.0. The fraction of sp³-hybridized carbons (Fsp3) is 0.619. The third-order valence-corrected chi connectivity index (χ3v) is 5.29. The standard InChI is InChI=1S/C21H31NO3/c1-5-6-7-8-15(2)17-10-9-16(3)19(13-17)22-12-11-20(23)18(14-22)21(24)25-4/h9-10,13,15,18H,5-8,11-12,14H2,1-4H3. The van der Waals surface area contributed by atoms with Crippen LogP contribution < -0.4 is 4.90 Å². The predicted octanol–water partition coefficient (Wildman–Crippen LogP) is 4.25. The van der Waals surface area contributed by atoms with E-state index in [0.717, 1.165) is 5.69 Å². The number of benzene rings is 1. The molecule has 25 heavy (non-hydrogen) atoms. The molecular weight excluding hydrogens is 314 g/mol. The topological polar surface area (TPSA) is 46.6 Å². The Kier molecular flexibility index (Phi) is 7.03. The van der Waals surface area contributed by atoms with Crippen LogP contribution in [0.3, 0.4) is 0 Å². The van der Waals surface area contributed by atoms with Gasteiger partial charge in [0, 0.05) is 25.2 Å². The second-order valence-electron chi connectivity index (χ2n) is 7.18. The average molecular weight is 345 g/mol. The van der Waals surface area contributed by atoms with Crippen molar-refractivity contribution in [2.24, 2.45) is 5.92 Å². The van der Waals surface area contributed by atoms with Crippen LogP contribution in [0, 0.1) is 12.8 Å². The number of aryl methyl sites for hydroxylation is 1. The third kappa shape index (κ3) is 4.83. The number of nitrogens with zero attached hydrogens (tertiary/aromatic N) is 1. The van der Waals surface area contributed by atoms with E-state index in [4.69, 9.17) is 4.74 Å². The maximum Gasteiger partial charge on any atom is 0.318 e. The van der Waals surface area contributed by atoms with Crippen molar-refractivity contribution >= 4 is 17.4 Å². The quantitative estimate of drug-likeness (QED) is 0.421. The predicted molar refractivity (Wildman–Crippen MR) is 101 cm³/mol. The van der Waals surface area contributed by atoms with Gasteiger partial charge in [-0.3, -0.25) is 9.59 Å². The van der Waals surface area contributed by atoms with Crippen molar-refractivity contribution in [1.82, 2.24) is 0 Å². The molecule has 1 aromatic carbocycles. The first kappa shape index (κ1) is 19.5. The van der Waals surface area contributed by atoms with Crippen molar-refractivity contribution in [1.29, 1.82) is 0 Å². The average Bonchev–Trinajstić information content (AvgIpc) is 2.62. The number of piperidine rings is 1. The van der Waals surface area contributed by atoms with Crippen LogP contribution in [0.15, 0.2) is 18.2 Å². The van der Waals surface area contributed by atoms with Gasteiger partial charge in [0.15, 0.2) is 5.78 Å². The summed E-state index contributed by atoms with van der Waals surface area (Å²) in [5, 5.41) is 0. The van der Waals surface area contributed by atoms with E-state index in [1.54, 1.807) is 0 Å². The van der Waals surface area contributed by atoms with E-state index in [2.05, 4.69) is 43.9 Å². The summed E-state index contributed by atoms with van der Waals surface area (Å²) < 4.78 is 4.80. The lowest BCUT2D eigenvalue weighted by molar-refractivity contribution is -0.149. The number of hydrogen-bond donors (Lipinski definition) is 0. The van der Waals surface area contributed by atoms with Crippen LogP contribution in [0.25, 0.3) is 0 Å². The Balaban J connectivity index is 2.16. The molecule has 4 heteroatoms. The number of carbonyl (C=O) groups excluding carboxylic acids is 2. The maximum atomic E-state index is 12.1. The van der Waals surface area contributed by atoms with Gasteiger partial charge in [-0.1, -0.05) is 45.2 Å². The van der Waals surface area contributed by atoms with E-state index in [-0.39, 0.29) is 5.78 Å². The molecule has 2 rings (SSSR count). The number of ketones is 1. The van der Waals surface area contributed by atoms with Gasteiger partial charge >= 0.3 is 5.97 Å². The van der Waals surface area contributed by atoms with Gasteiger partial charge in [-0.15, -0.1) is 0 Å². The SMILES string of the molecule is CCCCCC(C)c1ccc(C)c(N2CCC(=O)C(C(=O)OC)C2)c1. The normalized spacial score (nSPS) is 19.0. The zero-order valence-electron chi connectivity index (χ0n) is 16.0. The number of ether oxygens (including phenoxy) is 1. The maximum absolute atomic E-state index is 12.1. The molecule has 1 saturated heterocycles. The van der Waals surface area contributed by atoms with Crippen LogP contribution in [0.1, 0.15) is 63.0 Å². The summed E-state index contributed by atoms with van der Waals surface area (Å²) in [4.78, 5) is 26.1. The number of unbranched alkanes of at least 4 members (excludes halogenated alkanes) is 2. The Labute approximate surface area is 151 Å². The molecule has 0 aliphatic carbocycles. The first-order valence-corrected chi connectivity index (χ1v) is 9.44. The Morgan fingerprint density at radius 2 is 2.12 bits per heavy atom. The molecule has 0 radical (unpaired) electrons. The van der Waals surface area contributed by atoms with Crippen LogP contribution >= 0.6 is 0 Å². The summed E-state index contributed by atoms with van der Waals surface area (Å²) in [5.74, 6) is -0.571. The smallest absolute Gasteiger partial charge is 0.318 e. The van der Waals surface area contributed by atoms with E-state index in [0.29, 0.717) is 25.4 Å². The molecule has 2 unspecified atom stereocenters. The minimum atomic E-state index is -0.663. The molecule has 4 nitrogen and oxygen atoms in total. The molecule has 0 saturated carbocycles. The van der Waals surface area contributed by atoms with Crippen LogP contribution in [-0.4, -0.2) is 32.0 Å². The highest BCUT2D eigenvalue weighted by atomic mass is 16.5. The molecule has 1 heterocycles. The Hall–Kier alpha value is -1.84. The Bertz CT molecular complexity index is 603. The molecule has 138 valence electrons. The molecule has 1 aliphatic heterocycles. The van der Waals surface area contributed by atoms with E-state index in [1.165, 1.54) is 43.9 Å². The third-order valence-electron chi connectivity index (χ3n) is 5.29. The van der Waals surface area contributed by atoms with Crippen molar-refractivity contribution in [2.75, 3.05) is 25.1 Å². The van der Waals surface area contributed by atoms with Crippen molar-refractivity contribution < 1.29 is 14.3 Å². The van der Waals surface area contributed by atoms with Crippen molar-refractivity contribution in [3.8, 4) is 0 Å². The number of methoxy groups -OCH3 is 1. The van der Waals surface area contributed by atoms with Crippen LogP contribution in [0.4, 0.5) is 5.69 Å². The van der Waals surface area contributed by atoms with Gasteiger partial charge in [0.05, 0.1) is 7.11 Å². The number of anilines is 1. The van der Waals surface area contributed by atoms with Gasteiger partial charge in [-0.25, -0.2) is 0 Å². The van der Waals surface area contributed by atoms with Gasteiger partial charge < -0.3 is 9.64 Å². The van der Waals surface area contributed by atoms with Gasteiger partial charge in [-0.2, -0.15) is 0 Å². The molecule has 0 amide bonds. The highest BCUT2D eigenvalue weighted by molar-refractivity contribution is 6.00. The molecule has 0 spiro atoms. The summed E-state index contributed by atoms with van der Waals surface area (Å²) in [6, 6.07) is 6.61. The van der Waals surface area contributed by atoms with E-state index < -0.39 is 11.9 Å². The fourth-order valence-electron chi connectivity index (χ4n) is 3.54. The Morgan fingerprint density at radius 3 is 2.80 bits per heavy atom. The minimum absolute atomic E-state index is 0.00941. The molecule has 0 N–H and O–H groups in total. The van der Waals surface area contributed by atoms with Crippen molar-refractivity contribution in [2.45, 2.75) is 58.8 Å². The second-order valence-corrected chi connectivity index (χ2v) is 7.18. The van der Waals surface area contributed by atoms with Crippen LogP contribution in [0.5, 0.6) is 0 Å². The first-order chi connectivity index (χ1) is 12.0. The van der Waals surface area contributed by atoms with E-state index in [9.17, 15) is 9.59 Å². The summed E-state index contributed by atoms with van der Waals surface area (Å²) in [5.41, 5.74) is 3.66. The minimum Gasteiger partial charge on any atom is -0.468 e. The van der Waals surface area contributed by atoms with E-state index in [1.807, 2.05) is 0 Å². The summed E-state index contributed by atoms with van der Waals surface area (Å²) in [6.45, 7) is 7.68. The molecule has 0 aromatic heterocycles. The summed E-state index contributed by atoms with van der Waals surface area (Å²) in [7, 11) is 1.35. The van der Waals surface area contributed by atoms with Gasteiger partial charge in [-0.05, 0) is 36.5 Å². The number of carbonyl (C=O) groups is 2. The molecule has 1 aromatic rings. The number of rotatable bonds is 7. The number of hydrogen-bond acceptors (Lipinski definition) is 4.